The summed E-state index contributed by atoms with van der Waals surface area (Å²) in [5.74, 6) is -1.58. The summed E-state index contributed by atoms with van der Waals surface area (Å²) in [5.41, 5.74) is 0.920. The highest BCUT2D eigenvalue weighted by molar-refractivity contribution is 6.30. The van der Waals surface area contributed by atoms with Gasteiger partial charge in [0.05, 0.1) is 5.92 Å². The molecule has 0 bridgehead atoms. The molecule has 2 fully saturated rings. The van der Waals surface area contributed by atoms with Gasteiger partial charge in [-0.05, 0) is 30.5 Å². The number of carbonyl (C=O) groups is 2. The van der Waals surface area contributed by atoms with Crippen LogP contribution < -0.4 is 0 Å². The maximum Gasteiger partial charge on any atom is 0.308 e. The van der Waals surface area contributed by atoms with Gasteiger partial charge in [0.25, 0.3) is 0 Å². The summed E-state index contributed by atoms with van der Waals surface area (Å²) in [6.45, 7) is 1.94. The van der Waals surface area contributed by atoms with E-state index in [0.29, 0.717) is 24.8 Å². The summed E-state index contributed by atoms with van der Waals surface area (Å²) >= 11 is 5.91. The first-order chi connectivity index (χ1) is 11.1. The maximum atomic E-state index is 12.7. The van der Waals surface area contributed by atoms with Gasteiger partial charge < -0.3 is 14.7 Å². The first-order valence-corrected chi connectivity index (χ1v) is 8.29. The van der Waals surface area contributed by atoms with E-state index in [0.717, 1.165) is 18.4 Å². The van der Waals surface area contributed by atoms with Crippen LogP contribution in [0.2, 0.25) is 5.02 Å². The van der Waals surface area contributed by atoms with Crippen LogP contribution in [-0.2, 0) is 14.3 Å². The summed E-state index contributed by atoms with van der Waals surface area (Å²) in [7, 11) is 0. The third-order valence-corrected chi connectivity index (χ3v) is 5.07. The van der Waals surface area contributed by atoms with Gasteiger partial charge in [-0.1, -0.05) is 23.7 Å². The van der Waals surface area contributed by atoms with Crippen molar-refractivity contribution < 1.29 is 19.4 Å². The first kappa shape index (κ1) is 16.3. The van der Waals surface area contributed by atoms with E-state index in [9.17, 15) is 14.7 Å². The molecule has 0 unspecified atom stereocenters. The van der Waals surface area contributed by atoms with E-state index in [-0.39, 0.29) is 24.3 Å². The number of benzene rings is 1. The molecule has 1 N–H and O–H groups in total. The van der Waals surface area contributed by atoms with Crippen molar-refractivity contribution in [3.8, 4) is 0 Å². The second kappa shape index (κ2) is 6.89. The summed E-state index contributed by atoms with van der Waals surface area (Å²) < 4.78 is 5.30. The van der Waals surface area contributed by atoms with Crippen LogP contribution in [0, 0.1) is 11.8 Å². The van der Waals surface area contributed by atoms with Gasteiger partial charge in [0.1, 0.15) is 0 Å². The van der Waals surface area contributed by atoms with Crippen LogP contribution in [0.4, 0.5) is 0 Å². The Labute approximate surface area is 140 Å². The molecule has 0 aliphatic carbocycles. The number of ether oxygens (including phenoxy) is 1. The molecule has 2 saturated heterocycles. The number of carboxylic acids is 1. The highest BCUT2D eigenvalue weighted by Gasteiger charge is 2.42. The van der Waals surface area contributed by atoms with E-state index in [4.69, 9.17) is 16.3 Å². The lowest BCUT2D eigenvalue weighted by atomic mass is 9.89. The Kier molecular flexibility index (Phi) is 4.87. The number of halogens is 1. The Morgan fingerprint density at radius 3 is 2.39 bits per heavy atom. The minimum atomic E-state index is -0.854. The van der Waals surface area contributed by atoms with Crippen molar-refractivity contribution in [2.24, 2.45) is 11.8 Å². The van der Waals surface area contributed by atoms with Gasteiger partial charge in [-0.15, -0.1) is 0 Å². The SMILES string of the molecule is O=C(O)[C@@H]1CN(C(=O)C2CCOCC2)C[C@H]1c1ccc(Cl)cc1. The smallest absolute Gasteiger partial charge is 0.308 e. The molecular weight excluding hydrogens is 318 g/mol. The fraction of sp³-hybridized carbons (Fsp3) is 0.529. The molecule has 1 amide bonds. The molecule has 5 nitrogen and oxygen atoms in total. The Morgan fingerprint density at radius 1 is 1.13 bits per heavy atom. The van der Waals surface area contributed by atoms with Crippen molar-refractivity contribution in [1.82, 2.24) is 4.90 Å². The second-order valence-corrected chi connectivity index (χ2v) is 6.67. The van der Waals surface area contributed by atoms with E-state index in [1.807, 2.05) is 12.1 Å². The van der Waals surface area contributed by atoms with Crippen LogP contribution in [0.3, 0.4) is 0 Å². The first-order valence-electron chi connectivity index (χ1n) is 7.91. The normalized spacial score (nSPS) is 25.5. The lowest BCUT2D eigenvalue weighted by Gasteiger charge is -2.26. The minimum absolute atomic E-state index is 0.0397. The zero-order valence-corrected chi connectivity index (χ0v) is 13.5. The van der Waals surface area contributed by atoms with E-state index in [1.54, 1.807) is 17.0 Å². The predicted octanol–water partition coefficient (Wildman–Crippen LogP) is 2.39. The number of hydrogen-bond acceptors (Lipinski definition) is 3. The fourth-order valence-corrected chi connectivity index (χ4v) is 3.61. The molecule has 2 aliphatic rings. The van der Waals surface area contributed by atoms with Gasteiger partial charge in [-0.25, -0.2) is 0 Å². The summed E-state index contributed by atoms with van der Waals surface area (Å²) in [6, 6.07) is 7.23. The van der Waals surface area contributed by atoms with Crippen molar-refractivity contribution in [2.75, 3.05) is 26.3 Å². The molecular formula is C17H20ClNO4. The molecule has 0 saturated carbocycles. The Balaban J connectivity index is 1.76. The van der Waals surface area contributed by atoms with Gasteiger partial charge in [0.2, 0.25) is 5.91 Å². The topological polar surface area (TPSA) is 66.8 Å². The van der Waals surface area contributed by atoms with Crippen molar-refractivity contribution in [1.29, 1.82) is 0 Å². The lowest BCUT2D eigenvalue weighted by Crippen LogP contribution is -2.37. The van der Waals surface area contributed by atoms with Crippen molar-refractivity contribution >= 4 is 23.5 Å². The lowest BCUT2D eigenvalue weighted by molar-refractivity contribution is -0.142. The average Bonchev–Trinajstić information content (AvgIpc) is 3.01. The van der Waals surface area contributed by atoms with E-state index in [1.165, 1.54) is 0 Å². The monoisotopic (exact) mass is 337 g/mol. The standard InChI is InChI=1S/C17H20ClNO4/c18-13-3-1-11(2-4-13)14-9-19(10-15(14)17(21)22)16(20)12-5-7-23-8-6-12/h1-4,12,14-15H,5-10H2,(H,21,22)/t14-,15+/m0/s1. The van der Waals surface area contributed by atoms with Crippen molar-refractivity contribution in [2.45, 2.75) is 18.8 Å². The third kappa shape index (κ3) is 3.51. The Bertz CT molecular complexity index is 583. The number of aliphatic carboxylic acids is 1. The largest absolute Gasteiger partial charge is 0.481 e. The van der Waals surface area contributed by atoms with Crippen LogP contribution in [0.5, 0.6) is 0 Å². The number of hydrogen-bond donors (Lipinski definition) is 1. The number of carbonyl (C=O) groups excluding carboxylic acids is 1. The van der Waals surface area contributed by atoms with E-state index in [2.05, 4.69) is 0 Å². The van der Waals surface area contributed by atoms with E-state index < -0.39 is 11.9 Å². The van der Waals surface area contributed by atoms with Gasteiger partial charge in [0.15, 0.2) is 0 Å². The summed E-state index contributed by atoms with van der Waals surface area (Å²) in [4.78, 5) is 26.0. The summed E-state index contributed by atoms with van der Waals surface area (Å²) in [6.07, 6.45) is 1.44. The van der Waals surface area contributed by atoms with E-state index >= 15 is 0 Å². The van der Waals surface area contributed by atoms with Gasteiger partial charge in [-0.3, -0.25) is 9.59 Å². The van der Waals surface area contributed by atoms with Crippen LogP contribution >= 0.6 is 11.6 Å². The molecule has 1 aromatic carbocycles. The molecule has 2 aliphatic heterocycles. The summed E-state index contributed by atoms with van der Waals surface area (Å²) in [5, 5.41) is 10.1. The molecule has 124 valence electrons. The molecule has 0 radical (unpaired) electrons. The van der Waals surface area contributed by atoms with Gasteiger partial charge in [0, 0.05) is 43.2 Å². The molecule has 3 rings (SSSR count). The zero-order chi connectivity index (χ0) is 16.4. The van der Waals surface area contributed by atoms with Gasteiger partial charge in [-0.2, -0.15) is 0 Å². The van der Waals surface area contributed by atoms with Crippen LogP contribution in [-0.4, -0.2) is 48.2 Å². The number of amides is 1. The molecule has 0 aromatic heterocycles. The second-order valence-electron chi connectivity index (χ2n) is 6.23. The number of carboxylic acid groups (broad SMARTS) is 1. The zero-order valence-electron chi connectivity index (χ0n) is 12.8. The van der Waals surface area contributed by atoms with Crippen LogP contribution in [0.25, 0.3) is 0 Å². The predicted molar refractivity (Wildman–Crippen MR) is 85.4 cm³/mol. The third-order valence-electron chi connectivity index (χ3n) is 4.82. The van der Waals surface area contributed by atoms with Gasteiger partial charge >= 0.3 is 5.97 Å². The van der Waals surface area contributed by atoms with Crippen LogP contribution in [0.1, 0.15) is 24.3 Å². The van der Waals surface area contributed by atoms with Crippen LogP contribution in [0.15, 0.2) is 24.3 Å². The van der Waals surface area contributed by atoms with Crippen molar-refractivity contribution in [3.05, 3.63) is 34.9 Å². The maximum absolute atomic E-state index is 12.7. The molecule has 2 heterocycles. The molecule has 6 heteroatoms. The fourth-order valence-electron chi connectivity index (χ4n) is 3.48. The highest BCUT2D eigenvalue weighted by Crippen LogP contribution is 2.35. The number of likely N-dealkylation sites (tertiary alicyclic amines) is 1. The molecule has 23 heavy (non-hydrogen) atoms. The average molecular weight is 338 g/mol. The minimum Gasteiger partial charge on any atom is -0.481 e. The molecule has 1 aromatic rings. The number of nitrogens with zero attached hydrogens (tertiary/aromatic N) is 1. The Hall–Kier alpha value is -1.59. The Morgan fingerprint density at radius 2 is 1.78 bits per heavy atom. The molecule has 0 spiro atoms. The highest BCUT2D eigenvalue weighted by atomic mass is 35.5. The number of rotatable bonds is 3. The molecule has 2 atom stereocenters. The quantitative estimate of drug-likeness (QED) is 0.919. The van der Waals surface area contributed by atoms with Crippen molar-refractivity contribution in [3.63, 3.8) is 0 Å².